The highest BCUT2D eigenvalue weighted by Crippen LogP contribution is 2.43. The van der Waals surface area contributed by atoms with E-state index in [-0.39, 0.29) is 20.6 Å². The average molecular weight is 649 g/mol. The monoisotopic (exact) mass is 648 g/mol. The van der Waals surface area contributed by atoms with Gasteiger partial charge in [0.05, 0.1) is 23.0 Å². The van der Waals surface area contributed by atoms with Gasteiger partial charge in [0.25, 0.3) is 10.0 Å². The van der Waals surface area contributed by atoms with Crippen LogP contribution < -0.4 is 9.04 Å². The van der Waals surface area contributed by atoms with Gasteiger partial charge in [-0.3, -0.25) is 0 Å². The van der Waals surface area contributed by atoms with Crippen LogP contribution in [0.2, 0.25) is 5.02 Å². The molecule has 0 unspecified atom stereocenters. The molecule has 9 nitrogen and oxygen atoms in total. The number of carbonyl (C=O) groups is 1. The number of rotatable bonds is 6. The Morgan fingerprint density at radius 2 is 1.71 bits per heavy atom. The van der Waals surface area contributed by atoms with E-state index in [2.05, 4.69) is 15.2 Å². The standard InChI is InChI=1S/C25H18ClF5N4O5S2/c1-24(2,3)40-23(36)35(22-32-6-7-41-22)42(37,38)21-10-16(26)20(11-18(21)28)39-19-9-15(25(29,30)31)17(27)8-14(19)13-4-5-33-34-12-13/h4-12H,1-3H3. The van der Waals surface area contributed by atoms with E-state index in [9.17, 15) is 30.8 Å². The average Bonchev–Trinajstić information content (AvgIpc) is 3.39. The lowest BCUT2D eigenvalue weighted by Crippen LogP contribution is -2.41. The third kappa shape index (κ3) is 6.60. The SMILES string of the molecule is CC(C)(C)OC(=O)N(c1nccs1)S(=O)(=O)c1cc(Cl)c(Oc2cc(C(F)(F)F)c(F)cc2-c2ccnnc2)cc1F. The fraction of sp³-hybridized carbons (Fsp3) is 0.200. The van der Waals surface area contributed by atoms with Gasteiger partial charge in [-0.2, -0.15) is 23.4 Å². The molecule has 0 aliphatic heterocycles. The summed E-state index contributed by atoms with van der Waals surface area (Å²) < 4.78 is 108. The Bertz CT molecular complexity index is 1730. The molecule has 0 atom stereocenters. The number of amides is 1. The zero-order valence-corrected chi connectivity index (χ0v) is 24.0. The fourth-order valence-corrected chi connectivity index (χ4v) is 5.91. The molecule has 0 bridgehead atoms. The van der Waals surface area contributed by atoms with Crippen molar-refractivity contribution in [1.82, 2.24) is 15.2 Å². The quantitative estimate of drug-likeness (QED) is 0.198. The number of thiazole rings is 1. The lowest BCUT2D eigenvalue weighted by atomic mass is 10.0. The van der Waals surface area contributed by atoms with E-state index in [1.165, 1.54) is 44.6 Å². The first kappa shape index (κ1) is 31.1. The minimum absolute atomic E-state index is 0.0971. The van der Waals surface area contributed by atoms with Crippen LogP contribution in [-0.4, -0.2) is 35.3 Å². The molecular weight excluding hydrogens is 631 g/mol. The van der Waals surface area contributed by atoms with Crippen LogP contribution in [0.4, 0.5) is 31.9 Å². The topological polar surface area (TPSA) is 112 Å². The van der Waals surface area contributed by atoms with Gasteiger partial charge in [-0.1, -0.05) is 11.6 Å². The highest BCUT2D eigenvalue weighted by molar-refractivity contribution is 7.93. The first-order valence-electron chi connectivity index (χ1n) is 11.5. The third-order valence-electron chi connectivity index (χ3n) is 5.15. The number of anilines is 1. The van der Waals surface area contributed by atoms with Gasteiger partial charge >= 0.3 is 12.3 Å². The molecule has 0 saturated heterocycles. The molecule has 2 heterocycles. The molecule has 222 valence electrons. The van der Waals surface area contributed by atoms with Gasteiger partial charge in [-0.05, 0) is 45.0 Å². The zero-order valence-electron chi connectivity index (χ0n) is 21.6. The predicted molar refractivity (Wildman–Crippen MR) is 142 cm³/mol. The van der Waals surface area contributed by atoms with Crippen molar-refractivity contribution in [3.05, 3.63) is 76.5 Å². The number of carbonyl (C=O) groups excluding carboxylic acids is 1. The molecule has 0 radical (unpaired) electrons. The summed E-state index contributed by atoms with van der Waals surface area (Å²) in [7, 11) is -5.04. The summed E-state index contributed by atoms with van der Waals surface area (Å²) in [5, 5.41) is 7.60. The van der Waals surface area contributed by atoms with E-state index in [1.54, 1.807) is 0 Å². The van der Waals surface area contributed by atoms with Crippen molar-refractivity contribution in [3.63, 3.8) is 0 Å². The molecule has 0 N–H and O–H groups in total. The molecule has 0 aliphatic rings. The van der Waals surface area contributed by atoms with Crippen LogP contribution in [0.1, 0.15) is 26.3 Å². The Kier molecular flexibility index (Phi) is 8.44. The van der Waals surface area contributed by atoms with E-state index in [0.29, 0.717) is 24.3 Å². The summed E-state index contributed by atoms with van der Waals surface area (Å²) >= 11 is 6.96. The minimum Gasteiger partial charge on any atom is -0.455 e. The van der Waals surface area contributed by atoms with E-state index in [4.69, 9.17) is 21.1 Å². The number of nitrogens with zero attached hydrogens (tertiary/aromatic N) is 4. The van der Waals surface area contributed by atoms with Gasteiger partial charge < -0.3 is 9.47 Å². The second-order valence-corrected chi connectivity index (χ2v) is 12.4. The van der Waals surface area contributed by atoms with Gasteiger partial charge in [0.15, 0.2) is 0 Å². The summed E-state index contributed by atoms with van der Waals surface area (Å²) in [5.74, 6) is -4.32. The summed E-state index contributed by atoms with van der Waals surface area (Å²) in [6.45, 7) is 4.45. The molecule has 2 aromatic carbocycles. The molecule has 4 rings (SSSR count). The van der Waals surface area contributed by atoms with Crippen molar-refractivity contribution in [2.24, 2.45) is 0 Å². The third-order valence-corrected chi connectivity index (χ3v) is 7.99. The normalized spacial score (nSPS) is 12.2. The van der Waals surface area contributed by atoms with E-state index in [0.717, 1.165) is 17.5 Å². The van der Waals surface area contributed by atoms with Gasteiger partial charge in [0.1, 0.15) is 33.6 Å². The molecule has 0 saturated carbocycles. The lowest BCUT2D eigenvalue weighted by Gasteiger charge is -2.25. The summed E-state index contributed by atoms with van der Waals surface area (Å²) in [5.41, 5.74) is -2.94. The Labute approximate surface area is 244 Å². The van der Waals surface area contributed by atoms with Crippen molar-refractivity contribution in [1.29, 1.82) is 0 Å². The van der Waals surface area contributed by atoms with E-state index < -0.39 is 66.5 Å². The molecule has 17 heteroatoms. The fourth-order valence-electron chi connectivity index (χ4n) is 3.43. The van der Waals surface area contributed by atoms with Crippen molar-refractivity contribution in [3.8, 4) is 22.6 Å². The Hall–Kier alpha value is -3.89. The van der Waals surface area contributed by atoms with Crippen molar-refractivity contribution < 1.29 is 44.6 Å². The molecule has 4 aromatic rings. The van der Waals surface area contributed by atoms with Crippen LogP contribution in [0, 0.1) is 11.6 Å². The first-order chi connectivity index (χ1) is 19.5. The summed E-state index contributed by atoms with van der Waals surface area (Å²) in [6.07, 6.45) is -2.97. The second-order valence-electron chi connectivity index (χ2n) is 9.34. The maximum atomic E-state index is 15.4. The predicted octanol–water partition coefficient (Wildman–Crippen LogP) is 7.47. The largest absolute Gasteiger partial charge is 0.455 e. The number of benzene rings is 2. The first-order valence-corrected chi connectivity index (χ1v) is 14.2. The number of halogens is 6. The van der Waals surface area contributed by atoms with Crippen LogP contribution >= 0.6 is 22.9 Å². The minimum atomic E-state index is -5.12. The van der Waals surface area contributed by atoms with Crippen LogP contribution in [0.15, 0.2) is 59.2 Å². The Morgan fingerprint density at radius 3 is 2.29 bits per heavy atom. The van der Waals surface area contributed by atoms with Gasteiger partial charge in [0, 0.05) is 28.8 Å². The van der Waals surface area contributed by atoms with Crippen LogP contribution in [0.5, 0.6) is 11.5 Å². The Balaban J connectivity index is 1.81. The molecule has 1 amide bonds. The molecular formula is C25H18ClF5N4O5S2. The van der Waals surface area contributed by atoms with E-state index >= 15 is 4.39 Å². The number of hydrogen-bond acceptors (Lipinski definition) is 9. The maximum Gasteiger partial charge on any atom is 0.431 e. The molecule has 0 spiro atoms. The lowest BCUT2D eigenvalue weighted by molar-refractivity contribution is -0.140. The number of aromatic nitrogens is 3. The summed E-state index contributed by atoms with van der Waals surface area (Å²) in [6, 6.07) is 3.30. The number of sulfonamides is 1. The van der Waals surface area contributed by atoms with E-state index in [1.807, 2.05) is 0 Å². The highest BCUT2D eigenvalue weighted by atomic mass is 35.5. The van der Waals surface area contributed by atoms with Crippen molar-refractivity contribution in [2.45, 2.75) is 37.4 Å². The molecule has 0 aliphatic carbocycles. The van der Waals surface area contributed by atoms with Crippen molar-refractivity contribution in [2.75, 3.05) is 4.31 Å². The summed E-state index contributed by atoms with van der Waals surface area (Å²) in [4.78, 5) is 15.6. The van der Waals surface area contributed by atoms with Crippen molar-refractivity contribution >= 4 is 44.2 Å². The number of ether oxygens (including phenoxy) is 2. The number of hydrogen-bond donors (Lipinski definition) is 0. The highest BCUT2D eigenvalue weighted by Gasteiger charge is 2.39. The molecule has 2 aromatic heterocycles. The van der Waals surface area contributed by atoms with Crippen LogP contribution in [0.3, 0.4) is 0 Å². The smallest absolute Gasteiger partial charge is 0.431 e. The van der Waals surface area contributed by atoms with Crippen LogP contribution in [0.25, 0.3) is 11.1 Å². The number of alkyl halides is 3. The Morgan fingerprint density at radius 1 is 1.00 bits per heavy atom. The second kappa shape index (κ2) is 11.4. The van der Waals surface area contributed by atoms with Gasteiger partial charge in [0.2, 0.25) is 5.13 Å². The zero-order chi connectivity index (χ0) is 31.0. The van der Waals surface area contributed by atoms with Crippen LogP contribution in [-0.2, 0) is 20.9 Å². The molecule has 0 fully saturated rings. The van der Waals surface area contributed by atoms with Gasteiger partial charge in [-0.15, -0.1) is 15.6 Å². The maximum absolute atomic E-state index is 15.4. The molecule has 42 heavy (non-hydrogen) atoms. The van der Waals surface area contributed by atoms with Gasteiger partial charge in [-0.25, -0.2) is 27.0 Å².